The molecule has 0 fully saturated rings. The van der Waals surface area contributed by atoms with E-state index in [1.807, 2.05) is 13.8 Å². The molecule has 2 amide bonds. The van der Waals surface area contributed by atoms with E-state index >= 15 is 0 Å². The molecule has 4 heteroatoms. The van der Waals surface area contributed by atoms with Gasteiger partial charge in [-0.3, -0.25) is 0 Å². The van der Waals surface area contributed by atoms with Crippen LogP contribution in [0.4, 0.5) is 4.79 Å². The molecule has 0 unspecified atom stereocenters. The number of hydrogen-bond donors (Lipinski definition) is 3. The number of nitrogens with one attached hydrogen (secondary N) is 2. The van der Waals surface area contributed by atoms with Crippen molar-refractivity contribution in [2.24, 2.45) is 5.41 Å². The van der Waals surface area contributed by atoms with E-state index in [2.05, 4.69) is 42.7 Å². The fourth-order valence-corrected chi connectivity index (χ4v) is 2.21. The minimum atomic E-state index is -0.147. The first-order valence-electron chi connectivity index (χ1n) is 7.53. The van der Waals surface area contributed by atoms with Gasteiger partial charge in [0.25, 0.3) is 0 Å². The highest BCUT2D eigenvalue weighted by Crippen LogP contribution is 2.17. The van der Waals surface area contributed by atoms with Crippen LogP contribution in [0.3, 0.4) is 0 Å². The number of aliphatic hydroxyl groups excluding tert-OH is 1. The monoisotopic (exact) mass is 292 g/mol. The van der Waals surface area contributed by atoms with Crippen LogP contribution in [0, 0.1) is 19.3 Å². The van der Waals surface area contributed by atoms with E-state index in [-0.39, 0.29) is 18.1 Å². The molecule has 0 heterocycles. The first-order valence-corrected chi connectivity index (χ1v) is 7.53. The zero-order valence-corrected chi connectivity index (χ0v) is 13.6. The lowest BCUT2D eigenvalue weighted by molar-refractivity contribution is 0.201. The third kappa shape index (κ3) is 6.63. The summed E-state index contributed by atoms with van der Waals surface area (Å²) in [5.41, 5.74) is 3.70. The van der Waals surface area contributed by atoms with Gasteiger partial charge in [0.1, 0.15) is 0 Å². The molecule has 1 aromatic rings. The minimum Gasteiger partial charge on any atom is -0.396 e. The second-order valence-electron chi connectivity index (χ2n) is 6.43. The van der Waals surface area contributed by atoms with Crippen LogP contribution in [-0.2, 0) is 6.42 Å². The predicted octanol–water partition coefficient (Wildman–Crippen LogP) is 2.55. The average molecular weight is 292 g/mol. The summed E-state index contributed by atoms with van der Waals surface area (Å²) in [6.07, 6.45) is 1.51. The molecule has 0 aliphatic carbocycles. The molecule has 0 saturated carbocycles. The number of rotatable bonds is 7. The zero-order chi connectivity index (χ0) is 15.9. The zero-order valence-electron chi connectivity index (χ0n) is 13.6. The maximum Gasteiger partial charge on any atom is 0.314 e. The molecule has 0 saturated heterocycles. The highest BCUT2D eigenvalue weighted by atomic mass is 16.3. The van der Waals surface area contributed by atoms with E-state index in [9.17, 15) is 4.79 Å². The van der Waals surface area contributed by atoms with Gasteiger partial charge in [-0.1, -0.05) is 37.6 Å². The van der Waals surface area contributed by atoms with Crippen LogP contribution in [-0.4, -0.2) is 30.8 Å². The Morgan fingerprint density at radius 1 is 1.24 bits per heavy atom. The van der Waals surface area contributed by atoms with Crippen LogP contribution >= 0.6 is 0 Å². The molecule has 0 aliphatic heterocycles. The smallest absolute Gasteiger partial charge is 0.314 e. The highest BCUT2D eigenvalue weighted by Gasteiger charge is 2.17. The first kappa shape index (κ1) is 17.5. The fourth-order valence-electron chi connectivity index (χ4n) is 2.21. The van der Waals surface area contributed by atoms with Crippen molar-refractivity contribution in [3.05, 3.63) is 34.9 Å². The van der Waals surface area contributed by atoms with Crippen LogP contribution in [0.2, 0.25) is 0 Å². The van der Waals surface area contributed by atoms with E-state index < -0.39 is 0 Å². The molecule has 0 bridgehead atoms. The van der Waals surface area contributed by atoms with E-state index in [0.717, 1.165) is 6.42 Å². The number of aliphatic hydroxyl groups is 1. The van der Waals surface area contributed by atoms with E-state index in [1.54, 1.807) is 0 Å². The lowest BCUT2D eigenvalue weighted by Gasteiger charge is -2.23. The van der Waals surface area contributed by atoms with Crippen molar-refractivity contribution >= 4 is 6.03 Å². The number of amides is 2. The normalized spacial score (nSPS) is 11.3. The van der Waals surface area contributed by atoms with Gasteiger partial charge in [0.05, 0.1) is 0 Å². The van der Waals surface area contributed by atoms with Gasteiger partial charge in [0, 0.05) is 19.7 Å². The molecular formula is C17H28N2O2. The Balaban J connectivity index is 2.30. The highest BCUT2D eigenvalue weighted by molar-refractivity contribution is 5.73. The standard InChI is InChI=1S/C17H28N2O2/c1-13-5-6-15(14(2)11-13)7-9-18-16(21)19-12-17(3,4)8-10-20/h5-6,11,20H,7-10,12H2,1-4H3,(H2,18,19,21). The van der Waals surface area contributed by atoms with Gasteiger partial charge < -0.3 is 15.7 Å². The lowest BCUT2D eigenvalue weighted by Crippen LogP contribution is -2.41. The van der Waals surface area contributed by atoms with Crippen molar-refractivity contribution in [3.63, 3.8) is 0 Å². The fraction of sp³-hybridized carbons (Fsp3) is 0.588. The summed E-state index contributed by atoms with van der Waals surface area (Å²) in [5.74, 6) is 0. The summed E-state index contributed by atoms with van der Waals surface area (Å²) in [4.78, 5) is 11.7. The molecule has 0 aliphatic rings. The Bertz CT molecular complexity index is 470. The van der Waals surface area contributed by atoms with Crippen LogP contribution in [0.1, 0.15) is 37.0 Å². The maximum absolute atomic E-state index is 11.7. The maximum atomic E-state index is 11.7. The molecule has 0 atom stereocenters. The Morgan fingerprint density at radius 2 is 1.95 bits per heavy atom. The largest absolute Gasteiger partial charge is 0.396 e. The summed E-state index contributed by atoms with van der Waals surface area (Å²) in [6, 6.07) is 6.23. The van der Waals surface area contributed by atoms with E-state index in [1.165, 1.54) is 16.7 Å². The molecule has 0 spiro atoms. The third-order valence-corrected chi connectivity index (χ3v) is 3.69. The van der Waals surface area contributed by atoms with Crippen LogP contribution < -0.4 is 10.6 Å². The number of urea groups is 1. The Morgan fingerprint density at radius 3 is 2.57 bits per heavy atom. The van der Waals surface area contributed by atoms with Gasteiger partial charge in [-0.05, 0) is 43.2 Å². The lowest BCUT2D eigenvalue weighted by atomic mass is 9.90. The number of carbonyl (C=O) groups is 1. The molecule has 118 valence electrons. The third-order valence-electron chi connectivity index (χ3n) is 3.69. The van der Waals surface area contributed by atoms with Gasteiger partial charge in [0.2, 0.25) is 0 Å². The molecular weight excluding hydrogens is 264 g/mol. The summed E-state index contributed by atoms with van der Waals surface area (Å²) < 4.78 is 0. The summed E-state index contributed by atoms with van der Waals surface area (Å²) >= 11 is 0. The van der Waals surface area contributed by atoms with E-state index in [0.29, 0.717) is 19.5 Å². The van der Waals surface area contributed by atoms with Crippen LogP contribution in [0.5, 0.6) is 0 Å². The van der Waals surface area contributed by atoms with Gasteiger partial charge >= 0.3 is 6.03 Å². The van der Waals surface area contributed by atoms with Crippen LogP contribution in [0.15, 0.2) is 18.2 Å². The summed E-state index contributed by atoms with van der Waals surface area (Å²) in [7, 11) is 0. The molecule has 0 radical (unpaired) electrons. The quantitative estimate of drug-likeness (QED) is 0.723. The van der Waals surface area contributed by atoms with Crippen LogP contribution in [0.25, 0.3) is 0 Å². The van der Waals surface area contributed by atoms with E-state index in [4.69, 9.17) is 5.11 Å². The summed E-state index contributed by atoms with van der Waals surface area (Å²) in [5, 5.41) is 14.7. The van der Waals surface area contributed by atoms with Crippen molar-refractivity contribution in [1.82, 2.24) is 10.6 Å². The molecule has 0 aromatic heterocycles. The van der Waals surface area contributed by atoms with Gasteiger partial charge in [-0.15, -0.1) is 0 Å². The molecule has 3 N–H and O–H groups in total. The minimum absolute atomic E-state index is 0.0837. The number of aryl methyl sites for hydroxylation is 2. The summed E-state index contributed by atoms with van der Waals surface area (Å²) in [6.45, 7) is 9.55. The van der Waals surface area contributed by atoms with Crippen molar-refractivity contribution in [3.8, 4) is 0 Å². The first-order chi connectivity index (χ1) is 9.84. The van der Waals surface area contributed by atoms with Crippen molar-refractivity contribution < 1.29 is 9.90 Å². The SMILES string of the molecule is Cc1ccc(CCNC(=O)NCC(C)(C)CCO)c(C)c1. The predicted molar refractivity (Wildman–Crippen MR) is 86.5 cm³/mol. The molecule has 1 aromatic carbocycles. The molecule has 21 heavy (non-hydrogen) atoms. The number of carbonyl (C=O) groups excluding carboxylic acids is 1. The van der Waals surface area contributed by atoms with Crippen molar-refractivity contribution in [1.29, 1.82) is 0 Å². The number of hydrogen-bond acceptors (Lipinski definition) is 2. The topological polar surface area (TPSA) is 61.4 Å². The second kappa shape index (κ2) is 8.03. The Kier molecular flexibility index (Phi) is 6.69. The average Bonchev–Trinajstić information content (AvgIpc) is 2.39. The Labute approximate surface area is 128 Å². The van der Waals surface area contributed by atoms with Crippen molar-refractivity contribution in [2.45, 2.75) is 40.5 Å². The van der Waals surface area contributed by atoms with Gasteiger partial charge in [-0.25, -0.2) is 4.79 Å². The van der Waals surface area contributed by atoms with Crippen molar-refractivity contribution in [2.75, 3.05) is 19.7 Å². The second-order valence-corrected chi connectivity index (χ2v) is 6.43. The molecule has 4 nitrogen and oxygen atoms in total. The van der Waals surface area contributed by atoms with Gasteiger partial charge in [-0.2, -0.15) is 0 Å². The van der Waals surface area contributed by atoms with Gasteiger partial charge in [0.15, 0.2) is 0 Å². The number of benzene rings is 1. The Hall–Kier alpha value is -1.55. The molecule has 1 rings (SSSR count).